The molecule has 1 saturated heterocycles. The van der Waals surface area contributed by atoms with E-state index in [-0.39, 0.29) is 18.6 Å². The Hall–Kier alpha value is -1.10. The van der Waals surface area contributed by atoms with Crippen molar-refractivity contribution in [1.82, 2.24) is 4.90 Å². The lowest BCUT2D eigenvalue weighted by atomic mass is 10.1. The van der Waals surface area contributed by atoms with Gasteiger partial charge in [0.2, 0.25) is 0 Å². The van der Waals surface area contributed by atoms with Gasteiger partial charge in [0.1, 0.15) is 0 Å². The number of aliphatic hydroxyl groups is 1. The molecule has 1 amide bonds. The van der Waals surface area contributed by atoms with Gasteiger partial charge in [-0.25, -0.2) is 0 Å². The molecule has 4 nitrogen and oxygen atoms in total. The summed E-state index contributed by atoms with van der Waals surface area (Å²) in [6, 6.07) is 5.39. The SMILES string of the molecule is Cc1cc(C(=O)N2CCC(OCCCO)CC2)ccc1Cl. The molecule has 0 saturated carbocycles. The first-order chi connectivity index (χ1) is 10.1. The largest absolute Gasteiger partial charge is 0.396 e. The minimum Gasteiger partial charge on any atom is -0.396 e. The molecule has 1 aliphatic heterocycles. The number of aliphatic hydroxyl groups excluding tert-OH is 1. The normalized spacial score (nSPS) is 16.2. The molecule has 1 aromatic rings. The maximum atomic E-state index is 12.4. The number of rotatable bonds is 5. The summed E-state index contributed by atoms with van der Waals surface area (Å²) in [5.74, 6) is 0.0589. The van der Waals surface area contributed by atoms with Gasteiger partial charge in [-0.3, -0.25) is 4.79 Å². The molecule has 116 valence electrons. The average molecular weight is 312 g/mol. The second-order valence-electron chi connectivity index (χ2n) is 5.40. The van der Waals surface area contributed by atoms with Gasteiger partial charge in [0, 0.05) is 36.9 Å². The molecule has 1 aromatic carbocycles. The zero-order valence-corrected chi connectivity index (χ0v) is 13.1. The van der Waals surface area contributed by atoms with Gasteiger partial charge >= 0.3 is 0 Å². The van der Waals surface area contributed by atoms with Gasteiger partial charge in [-0.05, 0) is 49.9 Å². The standard InChI is InChI=1S/C16H22ClNO3/c1-12-11-13(3-4-15(12)17)16(20)18-7-5-14(6-8-18)21-10-2-9-19/h3-4,11,14,19H,2,5-10H2,1H3. The number of amides is 1. The number of carbonyl (C=O) groups excluding carboxylic acids is 1. The maximum Gasteiger partial charge on any atom is 0.253 e. The molecule has 5 heteroatoms. The van der Waals surface area contributed by atoms with Gasteiger partial charge in [0.05, 0.1) is 6.10 Å². The summed E-state index contributed by atoms with van der Waals surface area (Å²) in [7, 11) is 0. The van der Waals surface area contributed by atoms with Crippen LogP contribution in [0.15, 0.2) is 18.2 Å². The van der Waals surface area contributed by atoms with E-state index < -0.39 is 0 Å². The fourth-order valence-electron chi connectivity index (χ4n) is 2.50. The third-order valence-electron chi connectivity index (χ3n) is 3.79. The van der Waals surface area contributed by atoms with E-state index in [4.69, 9.17) is 21.4 Å². The highest BCUT2D eigenvalue weighted by atomic mass is 35.5. The highest BCUT2D eigenvalue weighted by Gasteiger charge is 2.24. The van der Waals surface area contributed by atoms with Crippen molar-refractivity contribution in [3.63, 3.8) is 0 Å². The van der Waals surface area contributed by atoms with Crippen LogP contribution in [0, 0.1) is 6.92 Å². The minimum absolute atomic E-state index is 0.0589. The Kier molecular flexibility index (Phi) is 6.03. The first-order valence-electron chi connectivity index (χ1n) is 7.39. The number of aryl methyl sites for hydroxylation is 1. The van der Waals surface area contributed by atoms with Gasteiger partial charge < -0.3 is 14.7 Å². The van der Waals surface area contributed by atoms with Crippen LogP contribution in [0.3, 0.4) is 0 Å². The van der Waals surface area contributed by atoms with E-state index in [2.05, 4.69) is 0 Å². The summed E-state index contributed by atoms with van der Waals surface area (Å²) < 4.78 is 5.68. The molecule has 21 heavy (non-hydrogen) atoms. The first kappa shape index (κ1) is 16.3. The number of halogens is 1. The monoisotopic (exact) mass is 311 g/mol. The van der Waals surface area contributed by atoms with Crippen LogP contribution < -0.4 is 0 Å². The molecule has 0 aliphatic carbocycles. The van der Waals surface area contributed by atoms with Crippen molar-refractivity contribution >= 4 is 17.5 Å². The summed E-state index contributed by atoms with van der Waals surface area (Å²) in [5, 5.41) is 9.42. The predicted molar refractivity (Wildman–Crippen MR) is 82.8 cm³/mol. The summed E-state index contributed by atoms with van der Waals surface area (Å²) >= 11 is 5.99. The Morgan fingerprint density at radius 2 is 2.14 bits per heavy atom. The van der Waals surface area contributed by atoms with Gasteiger partial charge in [-0.2, -0.15) is 0 Å². The summed E-state index contributed by atoms with van der Waals surface area (Å²) in [6.07, 6.45) is 2.57. The molecule has 1 fully saturated rings. The van der Waals surface area contributed by atoms with Gasteiger partial charge in [0.15, 0.2) is 0 Å². The zero-order chi connectivity index (χ0) is 15.2. The van der Waals surface area contributed by atoms with Crippen LogP contribution in [-0.4, -0.2) is 48.3 Å². The van der Waals surface area contributed by atoms with Crippen LogP contribution in [0.5, 0.6) is 0 Å². The second-order valence-corrected chi connectivity index (χ2v) is 5.81. The molecule has 2 rings (SSSR count). The number of hydrogen-bond acceptors (Lipinski definition) is 3. The molecule has 0 unspecified atom stereocenters. The van der Waals surface area contributed by atoms with Crippen LogP contribution in [0.25, 0.3) is 0 Å². The van der Waals surface area contributed by atoms with Crippen molar-refractivity contribution < 1.29 is 14.6 Å². The Morgan fingerprint density at radius 3 is 2.76 bits per heavy atom. The van der Waals surface area contributed by atoms with Crippen molar-refractivity contribution in [3.05, 3.63) is 34.3 Å². The second kappa shape index (κ2) is 7.78. The van der Waals surface area contributed by atoms with Gasteiger partial charge in [-0.15, -0.1) is 0 Å². The Morgan fingerprint density at radius 1 is 1.43 bits per heavy atom. The van der Waals surface area contributed by atoms with Crippen molar-refractivity contribution in [2.45, 2.75) is 32.3 Å². The van der Waals surface area contributed by atoms with E-state index in [0.29, 0.717) is 36.7 Å². The third kappa shape index (κ3) is 4.43. The Balaban J connectivity index is 1.86. The van der Waals surface area contributed by atoms with E-state index in [9.17, 15) is 4.79 Å². The van der Waals surface area contributed by atoms with E-state index >= 15 is 0 Å². The van der Waals surface area contributed by atoms with E-state index in [1.54, 1.807) is 12.1 Å². The molecule has 0 aromatic heterocycles. The van der Waals surface area contributed by atoms with Gasteiger partial charge in [-0.1, -0.05) is 11.6 Å². The fourth-order valence-corrected chi connectivity index (χ4v) is 2.62. The molecule has 1 heterocycles. The first-order valence-corrected chi connectivity index (χ1v) is 7.77. The number of piperidine rings is 1. The third-order valence-corrected chi connectivity index (χ3v) is 4.21. The zero-order valence-electron chi connectivity index (χ0n) is 12.3. The quantitative estimate of drug-likeness (QED) is 0.851. The minimum atomic E-state index is 0.0589. The van der Waals surface area contributed by atoms with Crippen molar-refractivity contribution in [3.8, 4) is 0 Å². The lowest BCUT2D eigenvalue weighted by Gasteiger charge is -2.32. The highest BCUT2D eigenvalue weighted by Crippen LogP contribution is 2.20. The van der Waals surface area contributed by atoms with Crippen molar-refractivity contribution in [2.24, 2.45) is 0 Å². The van der Waals surface area contributed by atoms with Crippen LogP contribution in [0.1, 0.15) is 35.2 Å². The Labute approximate surface area is 130 Å². The predicted octanol–water partition coefficient (Wildman–Crippen LogP) is 2.65. The molecule has 1 aliphatic rings. The number of likely N-dealkylation sites (tertiary alicyclic amines) is 1. The highest BCUT2D eigenvalue weighted by molar-refractivity contribution is 6.31. The fraction of sp³-hybridized carbons (Fsp3) is 0.562. The molecule has 0 bridgehead atoms. The molecule has 0 radical (unpaired) electrons. The van der Waals surface area contributed by atoms with E-state index in [1.807, 2.05) is 17.9 Å². The topological polar surface area (TPSA) is 49.8 Å². The lowest BCUT2D eigenvalue weighted by molar-refractivity contribution is 0.00397. The number of benzene rings is 1. The molecule has 0 atom stereocenters. The average Bonchev–Trinajstić information content (AvgIpc) is 2.50. The van der Waals surface area contributed by atoms with E-state index in [0.717, 1.165) is 18.4 Å². The molecule has 1 N–H and O–H groups in total. The van der Waals surface area contributed by atoms with Crippen LogP contribution in [0.4, 0.5) is 0 Å². The van der Waals surface area contributed by atoms with Crippen molar-refractivity contribution in [2.75, 3.05) is 26.3 Å². The summed E-state index contributed by atoms with van der Waals surface area (Å²) in [4.78, 5) is 14.3. The smallest absolute Gasteiger partial charge is 0.253 e. The maximum absolute atomic E-state index is 12.4. The van der Waals surface area contributed by atoms with E-state index in [1.165, 1.54) is 0 Å². The van der Waals surface area contributed by atoms with Crippen LogP contribution in [0.2, 0.25) is 5.02 Å². The molecular weight excluding hydrogens is 290 g/mol. The van der Waals surface area contributed by atoms with Crippen LogP contribution in [-0.2, 0) is 4.74 Å². The molecular formula is C16H22ClNO3. The molecule has 0 spiro atoms. The lowest BCUT2D eigenvalue weighted by Crippen LogP contribution is -2.41. The summed E-state index contributed by atoms with van der Waals surface area (Å²) in [6.45, 7) is 4.08. The number of hydrogen-bond donors (Lipinski definition) is 1. The summed E-state index contributed by atoms with van der Waals surface area (Å²) in [5.41, 5.74) is 1.61. The Bertz CT molecular complexity index is 484. The van der Waals surface area contributed by atoms with Gasteiger partial charge in [0.25, 0.3) is 5.91 Å². The van der Waals surface area contributed by atoms with Crippen molar-refractivity contribution in [1.29, 1.82) is 0 Å². The number of nitrogens with zero attached hydrogens (tertiary/aromatic N) is 1. The number of carbonyl (C=O) groups is 1. The number of ether oxygens (including phenoxy) is 1. The van der Waals surface area contributed by atoms with Crippen LogP contribution >= 0.6 is 11.6 Å².